The van der Waals surface area contributed by atoms with Gasteiger partial charge in [-0.25, -0.2) is 9.07 Å². The molecular weight excluding hydrogens is 491 g/mol. The molecule has 0 unspecified atom stereocenters. The normalized spacial score (nSPS) is 15.9. The number of carbonyl (C=O) groups excluding carboxylic acids is 2. The van der Waals surface area contributed by atoms with Crippen LogP contribution >= 0.6 is 11.8 Å². The molecule has 1 aromatic heterocycles. The Morgan fingerprint density at radius 1 is 1.19 bits per heavy atom. The van der Waals surface area contributed by atoms with Gasteiger partial charge in [-0.05, 0) is 36.2 Å². The zero-order valence-electron chi connectivity index (χ0n) is 21.9. The maximum atomic E-state index is 13.8. The fraction of sp³-hybridized carbons (Fsp3) is 0.393. The minimum absolute atomic E-state index is 0.145. The van der Waals surface area contributed by atoms with Gasteiger partial charge in [-0.1, -0.05) is 51.1 Å². The van der Waals surface area contributed by atoms with E-state index >= 15 is 0 Å². The Morgan fingerprint density at radius 3 is 2.54 bits per heavy atom. The molecule has 7 nitrogen and oxygen atoms in total. The predicted molar refractivity (Wildman–Crippen MR) is 145 cm³/mol. The maximum Gasteiger partial charge on any atom is 0.240 e. The van der Waals surface area contributed by atoms with Crippen molar-refractivity contribution < 1.29 is 18.7 Å². The molecule has 2 amide bonds. The molecule has 9 heteroatoms. The molecule has 0 bridgehead atoms. The van der Waals surface area contributed by atoms with Crippen LogP contribution in [-0.4, -0.2) is 54.2 Å². The number of carbonyl (C=O) groups is 2. The number of hydrogen-bond donors (Lipinski definition) is 1. The van der Waals surface area contributed by atoms with E-state index < -0.39 is 0 Å². The van der Waals surface area contributed by atoms with Crippen LogP contribution in [0.3, 0.4) is 0 Å². The van der Waals surface area contributed by atoms with Crippen molar-refractivity contribution in [2.24, 2.45) is 0 Å². The van der Waals surface area contributed by atoms with E-state index in [1.807, 2.05) is 31.2 Å². The topological polar surface area (TPSA) is 76.5 Å². The minimum atomic E-state index is -0.364. The zero-order valence-corrected chi connectivity index (χ0v) is 22.7. The quantitative estimate of drug-likeness (QED) is 0.459. The summed E-state index contributed by atoms with van der Waals surface area (Å²) >= 11 is 1.47. The van der Waals surface area contributed by atoms with Crippen LogP contribution in [0.5, 0.6) is 0 Å². The second-order valence-corrected chi connectivity index (χ2v) is 11.2. The summed E-state index contributed by atoms with van der Waals surface area (Å²) < 4.78 is 20.7. The number of aromatic nitrogens is 2. The van der Waals surface area contributed by atoms with Crippen LogP contribution in [0.2, 0.25) is 0 Å². The van der Waals surface area contributed by atoms with Crippen LogP contribution in [0, 0.1) is 12.7 Å². The monoisotopic (exact) mass is 524 g/mol. The summed E-state index contributed by atoms with van der Waals surface area (Å²) in [6.45, 7) is 8.82. The number of nitrogens with zero attached hydrogens (tertiary/aromatic N) is 3. The first kappa shape index (κ1) is 26.9. The Balaban J connectivity index is 1.96. The molecule has 1 N–H and O–H groups in total. The number of amides is 2. The average Bonchev–Trinajstić information content (AvgIpc) is 3.18. The van der Waals surface area contributed by atoms with E-state index in [4.69, 9.17) is 9.84 Å². The van der Waals surface area contributed by atoms with Crippen LogP contribution in [0.15, 0.2) is 48.5 Å². The van der Waals surface area contributed by atoms with Gasteiger partial charge < -0.3 is 10.1 Å². The standard InChI is InChI=1S/C28H33FN4O3S/c1-18-8-6-7-9-21(18)33-27-24(26(31-33)28(2,3)4)25(19-10-12-20(29)13-11-19)37-17-23(35)32(27)16-22(34)30-14-15-36-5/h6-13,25H,14-17H2,1-5H3,(H,30,34)/t25-/m0/s1. The van der Waals surface area contributed by atoms with Crippen molar-refractivity contribution in [3.05, 3.63) is 76.7 Å². The Kier molecular flexibility index (Phi) is 8.04. The third-order valence-corrected chi connectivity index (χ3v) is 7.50. The number of aryl methyl sites for hydroxylation is 1. The molecule has 1 aliphatic rings. The molecule has 3 aromatic rings. The van der Waals surface area contributed by atoms with Crippen molar-refractivity contribution in [1.29, 1.82) is 0 Å². The summed E-state index contributed by atoms with van der Waals surface area (Å²) in [4.78, 5) is 28.1. The fourth-order valence-electron chi connectivity index (χ4n) is 4.43. The van der Waals surface area contributed by atoms with Gasteiger partial charge in [-0.3, -0.25) is 14.5 Å². The molecule has 0 saturated carbocycles. The van der Waals surface area contributed by atoms with Crippen molar-refractivity contribution in [2.45, 2.75) is 38.4 Å². The maximum absolute atomic E-state index is 13.8. The molecule has 0 spiro atoms. The summed E-state index contributed by atoms with van der Waals surface area (Å²) in [7, 11) is 1.57. The van der Waals surface area contributed by atoms with Gasteiger partial charge in [0.15, 0.2) is 0 Å². The van der Waals surface area contributed by atoms with Gasteiger partial charge in [-0.15, -0.1) is 11.8 Å². The third kappa shape index (κ3) is 5.72. The molecule has 0 fully saturated rings. The zero-order chi connectivity index (χ0) is 26.7. The van der Waals surface area contributed by atoms with Crippen LogP contribution in [0.25, 0.3) is 5.69 Å². The molecule has 1 atom stereocenters. The number of para-hydroxylation sites is 1. The first-order chi connectivity index (χ1) is 17.6. The van der Waals surface area contributed by atoms with Gasteiger partial charge in [0, 0.05) is 24.6 Å². The number of halogens is 1. The largest absolute Gasteiger partial charge is 0.383 e. The van der Waals surface area contributed by atoms with Crippen LogP contribution in [0.4, 0.5) is 10.2 Å². The summed E-state index contributed by atoms with van der Waals surface area (Å²) in [6.07, 6.45) is 0. The molecule has 1 aliphatic heterocycles. The number of fused-ring (bicyclic) bond motifs is 1. The number of hydrogen-bond acceptors (Lipinski definition) is 5. The van der Waals surface area contributed by atoms with Gasteiger partial charge in [0.2, 0.25) is 11.8 Å². The van der Waals surface area contributed by atoms with Gasteiger partial charge in [0.05, 0.1) is 29.0 Å². The summed E-state index contributed by atoms with van der Waals surface area (Å²) in [5.74, 6) is -0.0473. The number of methoxy groups -OCH3 is 1. The van der Waals surface area contributed by atoms with E-state index in [-0.39, 0.29) is 40.6 Å². The van der Waals surface area contributed by atoms with E-state index in [1.54, 1.807) is 28.8 Å². The highest BCUT2D eigenvalue weighted by Gasteiger charge is 2.40. The van der Waals surface area contributed by atoms with Crippen LogP contribution in [-0.2, 0) is 19.7 Å². The average molecular weight is 525 g/mol. The van der Waals surface area contributed by atoms with Crippen molar-refractivity contribution in [1.82, 2.24) is 15.1 Å². The predicted octanol–water partition coefficient (Wildman–Crippen LogP) is 4.55. The number of rotatable bonds is 7. The Morgan fingerprint density at radius 2 is 1.89 bits per heavy atom. The van der Waals surface area contributed by atoms with Gasteiger partial charge >= 0.3 is 0 Å². The summed E-state index contributed by atoms with van der Waals surface area (Å²) in [5, 5.41) is 7.63. The number of ether oxygens (including phenoxy) is 1. The second kappa shape index (κ2) is 11.1. The number of thioether (sulfide) groups is 1. The molecule has 0 saturated heterocycles. The molecule has 37 heavy (non-hydrogen) atoms. The van der Waals surface area contributed by atoms with E-state index in [0.717, 1.165) is 28.1 Å². The van der Waals surface area contributed by atoms with E-state index in [9.17, 15) is 14.0 Å². The minimum Gasteiger partial charge on any atom is -0.383 e. The highest BCUT2D eigenvalue weighted by Crippen LogP contribution is 2.48. The molecule has 0 radical (unpaired) electrons. The van der Waals surface area contributed by atoms with Crippen molar-refractivity contribution in [3.63, 3.8) is 0 Å². The third-order valence-electron chi connectivity index (χ3n) is 6.25. The first-order valence-corrected chi connectivity index (χ1v) is 13.3. The van der Waals surface area contributed by atoms with Gasteiger partial charge in [-0.2, -0.15) is 5.10 Å². The highest BCUT2D eigenvalue weighted by atomic mass is 32.2. The van der Waals surface area contributed by atoms with Gasteiger partial charge in [0.25, 0.3) is 0 Å². The smallest absolute Gasteiger partial charge is 0.240 e. The molecule has 0 aliphatic carbocycles. The van der Waals surface area contributed by atoms with Crippen LogP contribution < -0.4 is 10.2 Å². The number of anilines is 1. The fourth-order valence-corrected chi connectivity index (χ4v) is 5.63. The van der Waals surface area contributed by atoms with Crippen molar-refractivity contribution in [2.75, 3.05) is 37.5 Å². The lowest BCUT2D eigenvalue weighted by Crippen LogP contribution is -2.43. The molecular formula is C28H33FN4O3S. The highest BCUT2D eigenvalue weighted by molar-refractivity contribution is 8.00. The molecule has 196 valence electrons. The van der Waals surface area contributed by atoms with Gasteiger partial charge in [0.1, 0.15) is 18.2 Å². The SMILES string of the molecule is COCCNC(=O)CN1C(=O)CS[C@@H](c2ccc(F)cc2)c2c(C(C)(C)C)nn(-c3ccccc3C)c21. The summed E-state index contributed by atoms with van der Waals surface area (Å²) in [6, 6.07) is 14.2. The second-order valence-electron chi connectivity index (χ2n) is 10.1. The summed E-state index contributed by atoms with van der Waals surface area (Å²) in [5.41, 5.74) is 4.02. The lowest BCUT2D eigenvalue weighted by atomic mass is 9.87. The van der Waals surface area contributed by atoms with E-state index in [1.165, 1.54) is 23.9 Å². The molecule has 2 aromatic carbocycles. The lowest BCUT2D eigenvalue weighted by Gasteiger charge is -2.24. The molecule has 4 rings (SSSR count). The Bertz CT molecular complexity index is 1280. The Labute approximate surface area is 221 Å². The Hall–Kier alpha value is -3.17. The first-order valence-electron chi connectivity index (χ1n) is 12.2. The van der Waals surface area contributed by atoms with E-state index in [0.29, 0.717) is 19.0 Å². The lowest BCUT2D eigenvalue weighted by molar-refractivity contribution is -0.123. The molecule has 2 heterocycles. The number of nitrogens with one attached hydrogen (secondary N) is 1. The van der Waals surface area contributed by atoms with Crippen molar-refractivity contribution >= 4 is 29.4 Å². The van der Waals surface area contributed by atoms with Crippen LogP contribution in [0.1, 0.15) is 48.4 Å². The number of benzene rings is 2. The van der Waals surface area contributed by atoms with E-state index in [2.05, 4.69) is 26.1 Å². The van der Waals surface area contributed by atoms with Crippen molar-refractivity contribution in [3.8, 4) is 5.69 Å².